The number of nitrogens with two attached hydrogens (primary N) is 1. The molecule has 2 amide bonds. The van der Waals surface area contributed by atoms with Gasteiger partial charge in [0.2, 0.25) is 5.91 Å². The summed E-state index contributed by atoms with van der Waals surface area (Å²) in [5.41, 5.74) is 5.35. The van der Waals surface area contributed by atoms with Crippen LogP contribution >= 0.6 is 0 Å². The first kappa shape index (κ1) is 13.2. The second-order valence-electron chi connectivity index (χ2n) is 3.66. The Morgan fingerprint density at radius 1 is 1.41 bits per heavy atom. The molecule has 6 nitrogen and oxygen atoms in total. The van der Waals surface area contributed by atoms with Crippen LogP contribution in [0.1, 0.15) is 17.5 Å². The highest BCUT2D eigenvalue weighted by Gasteiger charge is 2.10. The highest BCUT2D eigenvalue weighted by Crippen LogP contribution is 1.98. The van der Waals surface area contributed by atoms with Crippen molar-refractivity contribution in [2.75, 3.05) is 19.6 Å². The molecule has 0 saturated carbocycles. The van der Waals surface area contributed by atoms with E-state index in [1.807, 2.05) is 0 Å². The fourth-order valence-electron chi connectivity index (χ4n) is 1.14. The van der Waals surface area contributed by atoms with E-state index >= 15 is 0 Å². The van der Waals surface area contributed by atoms with Crippen LogP contribution in [0, 0.1) is 5.92 Å². The van der Waals surface area contributed by atoms with Crippen molar-refractivity contribution in [3.63, 3.8) is 0 Å². The molecule has 0 radical (unpaired) electrons. The Bertz CT molecular complexity index is 362. The van der Waals surface area contributed by atoms with Crippen LogP contribution < -0.4 is 16.4 Å². The van der Waals surface area contributed by atoms with Gasteiger partial charge in [-0.05, 0) is 12.1 Å². The Morgan fingerprint density at radius 2 is 2.12 bits per heavy atom. The maximum atomic E-state index is 11.4. The van der Waals surface area contributed by atoms with Crippen LogP contribution in [0.2, 0.25) is 0 Å². The first-order valence-corrected chi connectivity index (χ1v) is 5.44. The number of hydrogen-bond donors (Lipinski definition) is 3. The summed E-state index contributed by atoms with van der Waals surface area (Å²) in [4.78, 5) is 22.7. The van der Waals surface area contributed by atoms with E-state index < -0.39 is 0 Å². The van der Waals surface area contributed by atoms with Crippen LogP contribution in [0.4, 0.5) is 0 Å². The SMILES string of the molecule is CC(CN)C(=O)NCCNC(=O)c1ccco1. The lowest BCUT2D eigenvalue weighted by atomic mass is 10.2. The molecular weight excluding hydrogens is 222 g/mol. The van der Waals surface area contributed by atoms with Crippen LogP contribution in [0.25, 0.3) is 0 Å². The lowest BCUT2D eigenvalue weighted by Gasteiger charge is -2.09. The fourth-order valence-corrected chi connectivity index (χ4v) is 1.14. The largest absolute Gasteiger partial charge is 0.459 e. The van der Waals surface area contributed by atoms with Crippen LogP contribution in [-0.2, 0) is 4.79 Å². The van der Waals surface area contributed by atoms with Crippen LogP contribution in [-0.4, -0.2) is 31.4 Å². The second kappa shape index (κ2) is 6.70. The number of carbonyl (C=O) groups is 2. The average molecular weight is 239 g/mol. The molecule has 0 fully saturated rings. The van der Waals surface area contributed by atoms with Gasteiger partial charge in [-0.15, -0.1) is 0 Å². The van der Waals surface area contributed by atoms with E-state index in [0.29, 0.717) is 19.6 Å². The summed E-state index contributed by atoms with van der Waals surface area (Å²) in [5.74, 6) is -0.363. The van der Waals surface area contributed by atoms with Crippen LogP contribution in [0.3, 0.4) is 0 Å². The normalized spacial score (nSPS) is 11.9. The monoisotopic (exact) mass is 239 g/mol. The van der Waals surface area contributed by atoms with Crippen molar-refractivity contribution in [3.05, 3.63) is 24.2 Å². The molecule has 1 atom stereocenters. The van der Waals surface area contributed by atoms with Gasteiger partial charge in [-0.1, -0.05) is 6.92 Å². The molecule has 0 aliphatic heterocycles. The first-order chi connectivity index (χ1) is 8.15. The highest BCUT2D eigenvalue weighted by molar-refractivity contribution is 5.91. The number of hydrogen-bond acceptors (Lipinski definition) is 4. The molecule has 4 N–H and O–H groups in total. The summed E-state index contributed by atoms with van der Waals surface area (Å²) in [6.45, 7) is 2.78. The minimum absolute atomic E-state index is 0.111. The van der Waals surface area contributed by atoms with Gasteiger partial charge in [0.05, 0.1) is 6.26 Å². The van der Waals surface area contributed by atoms with Crippen molar-refractivity contribution in [2.24, 2.45) is 11.7 Å². The van der Waals surface area contributed by atoms with Crippen molar-refractivity contribution in [1.29, 1.82) is 0 Å². The Hall–Kier alpha value is -1.82. The van der Waals surface area contributed by atoms with Gasteiger partial charge in [0.15, 0.2) is 5.76 Å². The van der Waals surface area contributed by atoms with E-state index in [0.717, 1.165) is 0 Å². The number of amides is 2. The Morgan fingerprint density at radius 3 is 2.71 bits per heavy atom. The Kier molecular flexibility index (Phi) is 5.22. The van der Waals surface area contributed by atoms with E-state index in [9.17, 15) is 9.59 Å². The zero-order valence-electron chi connectivity index (χ0n) is 9.73. The minimum atomic E-state index is -0.295. The van der Waals surface area contributed by atoms with Gasteiger partial charge in [-0.25, -0.2) is 0 Å². The lowest BCUT2D eigenvalue weighted by molar-refractivity contribution is -0.124. The Balaban J connectivity index is 2.16. The van der Waals surface area contributed by atoms with E-state index in [2.05, 4.69) is 10.6 Å². The van der Waals surface area contributed by atoms with E-state index in [1.165, 1.54) is 6.26 Å². The molecule has 0 spiro atoms. The minimum Gasteiger partial charge on any atom is -0.459 e. The molecule has 0 aliphatic carbocycles. The predicted octanol–water partition coefficient (Wildman–Crippen LogP) is -0.280. The van der Waals surface area contributed by atoms with E-state index in [1.54, 1.807) is 19.1 Å². The molecule has 1 heterocycles. The van der Waals surface area contributed by atoms with E-state index in [-0.39, 0.29) is 23.5 Å². The third-order valence-electron chi connectivity index (χ3n) is 2.26. The summed E-state index contributed by atoms with van der Waals surface area (Å²) < 4.78 is 4.91. The number of rotatable bonds is 6. The fraction of sp³-hybridized carbons (Fsp3) is 0.455. The summed E-state index contributed by atoms with van der Waals surface area (Å²) in [5, 5.41) is 5.29. The van der Waals surface area contributed by atoms with Gasteiger partial charge in [-0.3, -0.25) is 9.59 Å². The molecule has 17 heavy (non-hydrogen) atoms. The molecule has 0 aliphatic rings. The maximum absolute atomic E-state index is 11.4. The highest BCUT2D eigenvalue weighted by atomic mass is 16.3. The lowest BCUT2D eigenvalue weighted by Crippen LogP contribution is -2.38. The van der Waals surface area contributed by atoms with Crippen molar-refractivity contribution >= 4 is 11.8 Å². The second-order valence-corrected chi connectivity index (χ2v) is 3.66. The molecule has 0 aromatic carbocycles. The van der Waals surface area contributed by atoms with Gasteiger partial charge in [0.1, 0.15) is 0 Å². The molecule has 1 aromatic heterocycles. The number of furan rings is 1. The summed E-state index contributed by atoms with van der Waals surface area (Å²) in [6, 6.07) is 3.21. The molecular formula is C11H17N3O3. The molecule has 6 heteroatoms. The van der Waals surface area contributed by atoms with Crippen molar-refractivity contribution in [2.45, 2.75) is 6.92 Å². The predicted molar refractivity (Wildman–Crippen MR) is 62.3 cm³/mol. The molecule has 0 saturated heterocycles. The van der Waals surface area contributed by atoms with Crippen molar-refractivity contribution < 1.29 is 14.0 Å². The topological polar surface area (TPSA) is 97.4 Å². The maximum Gasteiger partial charge on any atom is 0.287 e. The average Bonchev–Trinajstić information content (AvgIpc) is 2.86. The third-order valence-corrected chi connectivity index (χ3v) is 2.26. The summed E-state index contributed by atoms with van der Waals surface area (Å²) in [7, 11) is 0. The standard InChI is InChI=1S/C11H17N3O3/c1-8(7-12)10(15)13-4-5-14-11(16)9-3-2-6-17-9/h2-3,6,8H,4-5,7,12H2,1H3,(H,13,15)(H,14,16). The van der Waals surface area contributed by atoms with Gasteiger partial charge in [-0.2, -0.15) is 0 Å². The van der Waals surface area contributed by atoms with Gasteiger partial charge in [0.25, 0.3) is 5.91 Å². The van der Waals surface area contributed by atoms with Crippen molar-refractivity contribution in [3.8, 4) is 0 Å². The molecule has 94 valence electrons. The van der Waals surface area contributed by atoms with Crippen LogP contribution in [0.5, 0.6) is 0 Å². The van der Waals surface area contributed by atoms with Crippen LogP contribution in [0.15, 0.2) is 22.8 Å². The summed E-state index contributed by atoms with van der Waals surface area (Å²) >= 11 is 0. The van der Waals surface area contributed by atoms with Gasteiger partial charge in [0, 0.05) is 25.6 Å². The van der Waals surface area contributed by atoms with Gasteiger partial charge >= 0.3 is 0 Å². The molecule has 1 aromatic rings. The van der Waals surface area contributed by atoms with Crippen molar-refractivity contribution in [1.82, 2.24) is 10.6 Å². The van der Waals surface area contributed by atoms with E-state index in [4.69, 9.17) is 10.2 Å². The first-order valence-electron chi connectivity index (χ1n) is 5.44. The zero-order chi connectivity index (χ0) is 12.7. The molecule has 1 unspecified atom stereocenters. The summed E-state index contributed by atoms with van der Waals surface area (Å²) in [6.07, 6.45) is 1.43. The Labute approximate surface area is 99.5 Å². The third kappa shape index (κ3) is 4.28. The van der Waals surface area contributed by atoms with Gasteiger partial charge < -0.3 is 20.8 Å². The smallest absolute Gasteiger partial charge is 0.287 e. The quantitative estimate of drug-likeness (QED) is 0.595. The number of carbonyl (C=O) groups excluding carboxylic acids is 2. The zero-order valence-corrected chi connectivity index (χ0v) is 9.73. The molecule has 1 rings (SSSR count). The number of nitrogens with one attached hydrogen (secondary N) is 2. The molecule has 0 bridgehead atoms.